The first-order valence-corrected chi connectivity index (χ1v) is 5.14. The summed E-state index contributed by atoms with van der Waals surface area (Å²) in [6.07, 6.45) is 1.29. The van der Waals surface area contributed by atoms with Crippen LogP contribution >= 0.6 is 0 Å². The first-order chi connectivity index (χ1) is 8.49. The molecule has 2 rings (SSSR count). The van der Waals surface area contributed by atoms with Crippen molar-refractivity contribution in [3.8, 4) is 11.3 Å². The first-order valence-electron chi connectivity index (χ1n) is 5.14. The molecule has 1 atom stereocenters. The number of hydrogen-bond donors (Lipinski definition) is 1. The van der Waals surface area contributed by atoms with Crippen molar-refractivity contribution in [3.05, 3.63) is 46.2 Å². The zero-order valence-corrected chi connectivity index (χ0v) is 9.46. The van der Waals surface area contributed by atoms with E-state index in [9.17, 15) is 14.5 Å². The van der Waals surface area contributed by atoms with Crippen LogP contribution in [-0.4, -0.2) is 9.91 Å². The largest absolute Gasteiger partial charge is 0.439 e. The minimum atomic E-state index is -0.608. The molecule has 18 heavy (non-hydrogen) atoms. The molecule has 0 saturated carbocycles. The summed E-state index contributed by atoms with van der Waals surface area (Å²) in [5.74, 6) is -0.230. The monoisotopic (exact) mass is 251 g/mol. The Bertz CT molecular complexity index is 595. The third-order valence-electron chi connectivity index (χ3n) is 2.33. The van der Waals surface area contributed by atoms with Gasteiger partial charge in [-0.05, 0) is 19.1 Å². The average Bonchev–Trinajstić information content (AvgIpc) is 2.77. The van der Waals surface area contributed by atoms with Gasteiger partial charge in [0.25, 0.3) is 5.69 Å². The van der Waals surface area contributed by atoms with Crippen LogP contribution in [0.15, 0.2) is 28.8 Å². The van der Waals surface area contributed by atoms with Crippen molar-refractivity contribution < 1.29 is 13.7 Å². The molecule has 0 radical (unpaired) electrons. The predicted octanol–water partition coefficient (Wildman–Crippen LogP) is 2.41. The summed E-state index contributed by atoms with van der Waals surface area (Å²) >= 11 is 0. The summed E-state index contributed by atoms with van der Waals surface area (Å²) in [7, 11) is 0. The second-order valence-electron chi connectivity index (χ2n) is 3.77. The summed E-state index contributed by atoms with van der Waals surface area (Å²) in [4.78, 5) is 14.1. The first kappa shape index (κ1) is 12.2. The fourth-order valence-electron chi connectivity index (χ4n) is 1.49. The Morgan fingerprint density at radius 1 is 1.56 bits per heavy atom. The molecule has 0 fully saturated rings. The predicted molar refractivity (Wildman–Crippen MR) is 61.2 cm³/mol. The average molecular weight is 251 g/mol. The molecule has 0 amide bonds. The van der Waals surface area contributed by atoms with Gasteiger partial charge in [0, 0.05) is 6.07 Å². The van der Waals surface area contributed by atoms with Gasteiger partial charge in [-0.25, -0.2) is 9.37 Å². The minimum Gasteiger partial charge on any atom is -0.439 e. The van der Waals surface area contributed by atoms with Gasteiger partial charge in [-0.3, -0.25) is 10.1 Å². The lowest BCUT2D eigenvalue weighted by molar-refractivity contribution is -0.384. The van der Waals surface area contributed by atoms with E-state index in [0.29, 0.717) is 0 Å². The van der Waals surface area contributed by atoms with Gasteiger partial charge in [-0.2, -0.15) is 0 Å². The Morgan fingerprint density at radius 2 is 2.28 bits per heavy atom. The molecule has 1 unspecified atom stereocenters. The molecule has 1 aromatic heterocycles. The van der Waals surface area contributed by atoms with Crippen molar-refractivity contribution in [2.24, 2.45) is 5.73 Å². The van der Waals surface area contributed by atoms with E-state index in [1.54, 1.807) is 6.92 Å². The zero-order valence-electron chi connectivity index (χ0n) is 9.46. The van der Waals surface area contributed by atoms with E-state index in [1.165, 1.54) is 6.20 Å². The van der Waals surface area contributed by atoms with Gasteiger partial charge in [-0.15, -0.1) is 0 Å². The number of nitrogens with two attached hydrogens (primary N) is 1. The number of nitro benzene ring substituents is 1. The van der Waals surface area contributed by atoms with Crippen LogP contribution in [0.4, 0.5) is 10.1 Å². The normalized spacial score (nSPS) is 12.4. The van der Waals surface area contributed by atoms with Crippen LogP contribution in [0, 0.1) is 15.9 Å². The van der Waals surface area contributed by atoms with Gasteiger partial charge in [-0.1, -0.05) is 0 Å². The van der Waals surface area contributed by atoms with Crippen molar-refractivity contribution in [2.75, 3.05) is 0 Å². The summed E-state index contributed by atoms with van der Waals surface area (Å²) in [6, 6.07) is 2.69. The lowest BCUT2D eigenvalue weighted by Gasteiger charge is -2.00. The molecule has 2 N–H and O–H groups in total. The van der Waals surface area contributed by atoms with Crippen LogP contribution in [0.25, 0.3) is 11.3 Å². The van der Waals surface area contributed by atoms with E-state index in [-0.39, 0.29) is 22.9 Å². The number of benzene rings is 1. The number of hydrogen-bond acceptors (Lipinski definition) is 5. The summed E-state index contributed by atoms with van der Waals surface area (Å²) in [6.45, 7) is 1.66. The van der Waals surface area contributed by atoms with E-state index in [0.717, 1.165) is 18.2 Å². The highest BCUT2D eigenvalue weighted by Crippen LogP contribution is 2.31. The Kier molecular flexibility index (Phi) is 3.07. The second kappa shape index (κ2) is 4.53. The Morgan fingerprint density at radius 3 is 2.83 bits per heavy atom. The maximum absolute atomic E-state index is 13.2. The number of oxazole rings is 1. The quantitative estimate of drug-likeness (QED) is 0.667. The number of nitro groups is 1. The molecule has 1 aromatic carbocycles. The van der Waals surface area contributed by atoms with Gasteiger partial charge >= 0.3 is 0 Å². The van der Waals surface area contributed by atoms with Gasteiger partial charge < -0.3 is 10.2 Å². The molecule has 1 heterocycles. The third-order valence-corrected chi connectivity index (χ3v) is 2.33. The topological polar surface area (TPSA) is 95.2 Å². The molecule has 94 valence electrons. The summed E-state index contributed by atoms with van der Waals surface area (Å²) in [5, 5.41) is 10.8. The van der Waals surface area contributed by atoms with Crippen LogP contribution in [0.5, 0.6) is 0 Å². The molecule has 0 aliphatic rings. The van der Waals surface area contributed by atoms with E-state index >= 15 is 0 Å². The zero-order chi connectivity index (χ0) is 13.3. The molecule has 0 saturated heterocycles. The van der Waals surface area contributed by atoms with Gasteiger partial charge in [0.1, 0.15) is 5.82 Å². The lowest BCUT2D eigenvalue weighted by atomic mass is 10.1. The SMILES string of the molecule is CC(N)c1ncc(-c2cc(F)ccc2[N+](=O)[O-])o1. The Hall–Kier alpha value is -2.28. The fraction of sp³-hybridized carbons (Fsp3) is 0.182. The van der Waals surface area contributed by atoms with E-state index in [1.807, 2.05) is 0 Å². The Balaban J connectivity index is 2.54. The molecule has 0 spiro atoms. The number of aromatic nitrogens is 1. The second-order valence-corrected chi connectivity index (χ2v) is 3.77. The molecule has 2 aromatic rings. The smallest absolute Gasteiger partial charge is 0.280 e. The molecular formula is C11H10FN3O3. The van der Waals surface area contributed by atoms with Gasteiger partial charge in [0.2, 0.25) is 5.89 Å². The highest BCUT2D eigenvalue weighted by Gasteiger charge is 2.20. The standard InChI is InChI=1S/C11H10FN3O3/c1-6(13)11-14-5-10(18-11)8-4-7(12)2-3-9(8)15(16)17/h2-6H,13H2,1H3. The number of rotatable bonds is 3. The number of nitrogens with zero attached hydrogens (tertiary/aromatic N) is 2. The van der Waals surface area contributed by atoms with E-state index < -0.39 is 16.8 Å². The van der Waals surface area contributed by atoms with Crippen LogP contribution in [0.2, 0.25) is 0 Å². The van der Waals surface area contributed by atoms with Crippen LogP contribution in [0.1, 0.15) is 18.9 Å². The minimum absolute atomic E-state index is 0.0411. The fourth-order valence-corrected chi connectivity index (χ4v) is 1.49. The molecule has 7 heteroatoms. The molecule has 0 bridgehead atoms. The maximum Gasteiger partial charge on any atom is 0.280 e. The van der Waals surface area contributed by atoms with Crippen molar-refractivity contribution in [1.29, 1.82) is 0 Å². The molecule has 6 nitrogen and oxygen atoms in total. The van der Waals surface area contributed by atoms with Gasteiger partial charge in [0.15, 0.2) is 5.76 Å². The van der Waals surface area contributed by atoms with Crippen LogP contribution < -0.4 is 5.73 Å². The van der Waals surface area contributed by atoms with Crippen molar-refractivity contribution in [2.45, 2.75) is 13.0 Å². The third kappa shape index (κ3) is 2.21. The summed E-state index contributed by atoms with van der Waals surface area (Å²) in [5.41, 5.74) is 5.36. The highest BCUT2D eigenvalue weighted by atomic mass is 19.1. The van der Waals surface area contributed by atoms with Crippen LogP contribution in [-0.2, 0) is 0 Å². The number of halogens is 1. The molecular weight excluding hydrogens is 241 g/mol. The van der Waals surface area contributed by atoms with Crippen LogP contribution in [0.3, 0.4) is 0 Å². The van der Waals surface area contributed by atoms with E-state index in [2.05, 4.69) is 4.98 Å². The van der Waals surface area contributed by atoms with E-state index in [4.69, 9.17) is 10.2 Å². The Labute approximate surface area is 101 Å². The van der Waals surface area contributed by atoms with Crippen molar-refractivity contribution >= 4 is 5.69 Å². The van der Waals surface area contributed by atoms with Crippen molar-refractivity contribution in [1.82, 2.24) is 4.98 Å². The highest BCUT2D eigenvalue weighted by molar-refractivity contribution is 5.68. The molecule has 0 aliphatic heterocycles. The summed E-state index contributed by atoms with van der Waals surface area (Å²) < 4.78 is 18.4. The van der Waals surface area contributed by atoms with Crippen molar-refractivity contribution in [3.63, 3.8) is 0 Å². The maximum atomic E-state index is 13.2. The lowest BCUT2D eigenvalue weighted by Crippen LogP contribution is -2.04. The molecule has 0 aliphatic carbocycles. The van der Waals surface area contributed by atoms with Gasteiger partial charge in [0.05, 0.1) is 22.7 Å².